The summed E-state index contributed by atoms with van der Waals surface area (Å²) < 4.78 is 19.9. The number of ether oxygens (including phenoxy) is 1. The second-order valence-corrected chi connectivity index (χ2v) is 8.19. The first-order chi connectivity index (χ1) is 13.5. The lowest BCUT2D eigenvalue weighted by Crippen LogP contribution is -2.39. The van der Waals surface area contributed by atoms with Gasteiger partial charge in [0.15, 0.2) is 0 Å². The van der Waals surface area contributed by atoms with Crippen LogP contribution in [-0.4, -0.2) is 42.4 Å². The van der Waals surface area contributed by atoms with Crippen LogP contribution in [0.4, 0.5) is 9.18 Å². The number of hydrogen-bond donors (Lipinski definition) is 1. The number of unbranched alkanes of at least 4 members (excludes halogenated alkanes) is 1. The lowest BCUT2D eigenvalue weighted by Gasteiger charge is -2.33. The van der Waals surface area contributed by atoms with Crippen molar-refractivity contribution >= 4 is 22.0 Å². The molecule has 0 aromatic heterocycles. The number of nitrogens with zero attached hydrogens (tertiary/aromatic N) is 1. The first kappa shape index (κ1) is 20.8. The Morgan fingerprint density at radius 1 is 1.25 bits per heavy atom. The van der Waals surface area contributed by atoms with Crippen LogP contribution >= 0.6 is 15.9 Å². The number of halogens is 2. The third-order valence-electron chi connectivity index (χ3n) is 5.50. The van der Waals surface area contributed by atoms with Gasteiger partial charge in [-0.05, 0) is 41.8 Å². The highest BCUT2D eigenvalue weighted by Gasteiger charge is 2.50. The Hall–Kier alpha value is -1.92. The number of amides is 1. The summed E-state index contributed by atoms with van der Waals surface area (Å²) in [6.07, 6.45) is 1.40. The summed E-state index contributed by atoms with van der Waals surface area (Å²) in [7, 11) is 0. The number of rotatable bonds is 6. The maximum atomic E-state index is 13.5. The van der Waals surface area contributed by atoms with Crippen molar-refractivity contribution in [1.82, 2.24) is 4.90 Å². The number of hydrogen-bond acceptors (Lipinski definition) is 3. The minimum Gasteiger partial charge on any atom is -0.449 e. The van der Waals surface area contributed by atoms with Gasteiger partial charge in [-0.25, -0.2) is 9.18 Å². The Balaban J connectivity index is 1.96. The molecule has 0 spiro atoms. The lowest BCUT2D eigenvalue weighted by atomic mass is 9.70. The molecule has 2 unspecified atom stereocenters. The summed E-state index contributed by atoms with van der Waals surface area (Å²) in [5, 5.41) is 10.5. The van der Waals surface area contributed by atoms with Crippen molar-refractivity contribution in [2.45, 2.75) is 31.1 Å². The Morgan fingerprint density at radius 3 is 2.54 bits per heavy atom. The normalized spacial score (nSPS) is 21.7. The molecule has 2 aromatic rings. The van der Waals surface area contributed by atoms with E-state index < -0.39 is 5.41 Å². The van der Waals surface area contributed by atoms with Crippen molar-refractivity contribution in [3.05, 3.63) is 69.9 Å². The second-order valence-electron chi connectivity index (χ2n) is 7.27. The number of aliphatic hydroxyl groups excluding tert-OH is 1. The molecule has 4 nitrogen and oxygen atoms in total. The van der Waals surface area contributed by atoms with Gasteiger partial charge in [0.05, 0.1) is 13.2 Å². The van der Waals surface area contributed by atoms with Crippen LogP contribution in [0.5, 0.6) is 0 Å². The van der Waals surface area contributed by atoms with Crippen molar-refractivity contribution in [1.29, 1.82) is 0 Å². The van der Waals surface area contributed by atoms with Crippen LogP contribution in [0.3, 0.4) is 0 Å². The molecule has 150 valence electrons. The molecular formula is C22H25BrFNO3. The van der Waals surface area contributed by atoms with E-state index in [-0.39, 0.29) is 24.4 Å². The van der Waals surface area contributed by atoms with Crippen molar-refractivity contribution in [3.63, 3.8) is 0 Å². The van der Waals surface area contributed by atoms with E-state index in [1.807, 2.05) is 31.2 Å². The molecule has 1 aliphatic rings. The van der Waals surface area contributed by atoms with Gasteiger partial charge in [0, 0.05) is 28.9 Å². The van der Waals surface area contributed by atoms with Crippen LogP contribution in [0, 0.1) is 5.82 Å². The second kappa shape index (κ2) is 9.05. The van der Waals surface area contributed by atoms with Gasteiger partial charge in [-0.15, -0.1) is 0 Å². The molecule has 3 rings (SSSR count). The molecule has 1 aliphatic heterocycles. The Labute approximate surface area is 173 Å². The predicted molar refractivity (Wildman–Crippen MR) is 110 cm³/mol. The highest BCUT2D eigenvalue weighted by molar-refractivity contribution is 9.10. The van der Waals surface area contributed by atoms with Crippen LogP contribution in [0.15, 0.2) is 53.0 Å². The van der Waals surface area contributed by atoms with Gasteiger partial charge >= 0.3 is 6.09 Å². The summed E-state index contributed by atoms with van der Waals surface area (Å²) >= 11 is 3.45. The van der Waals surface area contributed by atoms with Crippen LogP contribution in [0.2, 0.25) is 0 Å². The standard InChI is InChI=1S/C22H25BrFNO3/c1-2-3-12-28-21(27)25-13-20(16-4-8-18(23)9-5-16)22(14-25,15-26)17-6-10-19(24)11-7-17/h4-11,20,26H,2-3,12-15H2,1H3. The Morgan fingerprint density at radius 2 is 1.93 bits per heavy atom. The number of benzene rings is 2. The molecule has 1 heterocycles. The summed E-state index contributed by atoms with van der Waals surface area (Å²) in [6.45, 7) is 3.03. The summed E-state index contributed by atoms with van der Waals surface area (Å²) in [4.78, 5) is 14.2. The molecule has 2 aromatic carbocycles. The molecule has 1 N–H and O–H groups in total. The summed E-state index contributed by atoms with van der Waals surface area (Å²) in [5.74, 6) is -0.458. The van der Waals surface area contributed by atoms with E-state index in [9.17, 15) is 14.3 Å². The Bertz CT molecular complexity index is 796. The van der Waals surface area contributed by atoms with E-state index >= 15 is 0 Å². The molecule has 2 atom stereocenters. The van der Waals surface area contributed by atoms with Gasteiger partial charge < -0.3 is 14.7 Å². The maximum Gasteiger partial charge on any atom is 0.409 e. The van der Waals surface area contributed by atoms with Crippen molar-refractivity contribution in [2.75, 3.05) is 26.3 Å². The SMILES string of the molecule is CCCCOC(=O)N1CC(c2ccc(Br)cc2)C(CO)(c2ccc(F)cc2)C1. The number of carbonyl (C=O) groups excluding carboxylic acids is 1. The molecule has 1 fully saturated rings. The van der Waals surface area contributed by atoms with Crippen LogP contribution < -0.4 is 0 Å². The van der Waals surface area contributed by atoms with E-state index in [1.165, 1.54) is 12.1 Å². The molecular weight excluding hydrogens is 425 g/mol. The smallest absolute Gasteiger partial charge is 0.409 e. The molecule has 1 amide bonds. The minimum absolute atomic E-state index is 0.130. The quantitative estimate of drug-likeness (QED) is 0.640. The molecule has 6 heteroatoms. The largest absolute Gasteiger partial charge is 0.449 e. The van der Waals surface area contributed by atoms with Crippen molar-refractivity contribution in [2.24, 2.45) is 0 Å². The van der Waals surface area contributed by atoms with Gasteiger partial charge in [-0.3, -0.25) is 0 Å². The zero-order chi connectivity index (χ0) is 20.1. The number of aliphatic hydroxyl groups is 1. The Kier molecular flexibility index (Phi) is 6.73. The van der Waals surface area contributed by atoms with E-state index in [1.54, 1.807) is 17.0 Å². The topological polar surface area (TPSA) is 49.8 Å². The summed E-state index contributed by atoms with van der Waals surface area (Å²) in [5.41, 5.74) is 1.12. The molecule has 0 saturated carbocycles. The zero-order valence-electron chi connectivity index (χ0n) is 15.9. The van der Waals surface area contributed by atoms with E-state index in [2.05, 4.69) is 15.9 Å². The monoisotopic (exact) mass is 449 g/mol. The van der Waals surface area contributed by atoms with Gasteiger partial charge in [0.1, 0.15) is 5.82 Å². The number of carbonyl (C=O) groups is 1. The molecule has 0 aliphatic carbocycles. The molecule has 28 heavy (non-hydrogen) atoms. The molecule has 1 saturated heterocycles. The fourth-order valence-electron chi connectivity index (χ4n) is 3.89. The van der Waals surface area contributed by atoms with Gasteiger partial charge in [-0.1, -0.05) is 53.5 Å². The van der Waals surface area contributed by atoms with Crippen molar-refractivity contribution in [3.8, 4) is 0 Å². The van der Waals surface area contributed by atoms with E-state index in [0.29, 0.717) is 19.7 Å². The van der Waals surface area contributed by atoms with Crippen LogP contribution in [-0.2, 0) is 10.2 Å². The van der Waals surface area contributed by atoms with Crippen molar-refractivity contribution < 1.29 is 19.0 Å². The highest BCUT2D eigenvalue weighted by Crippen LogP contribution is 2.45. The third-order valence-corrected chi connectivity index (χ3v) is 6.03. The first-order valence-electron chi connectivity index (χ1n) is 9.54. The van der Waals surface area contributed by atoms with Gasteiger partial charge in [0.2, 0.25) is 0 Å². The molecule has 0 radical (unpaired) electrons. The van der Waals surface area contributed by atoms with Gasteiger partial charge in [-0.2, -0.15) is 0 Å². The fourth-order valence-corrected chi connectivity index (χ4v) is 4.15. The van der Waals surface area contributed by atoms with E-state index in [0.717, 1.165) is 28.4 Å². The number of likely N-dealkylation sites (tertiary alicyclic amines) is 1. The van der Waals surface area contributed by atoms with Crippen LogP contribution in [0.1, 0.15) is 36.8 Å². The van der Waals surface area contributed by atoms with E-state index in [4.69, 9.17) is 4.74 Å². The average molecular weight is 450 g/mol. The van der Waals surface area contributed by atoms with Gasteiger partial charge in [0.25, 0.3) is 0 Å². The maximum absolute atomic E-state index is 13.5. The van der Waals surface area contributed by atoms with Crippen LogP contribution in [0.25, 0.3) is 0 Å². The average Bonchev–Trinajstić information content (AvgIpc) is 3.10. The fraction of sp³-hybridized carbons (Fsp3) is 0.409. The third kappa shape index (κ3) is 4.23. The molecule has 0 bridgehead atoms. The first-order valence-corrected chi connectivity index (χ1v) is 10.3. The lowest BCUT2D eigenvalue weighted by molar-refractivity contribution is 0.104. The minimum atomic E-state index is -0.717. The predicted octanol–water partition coefficient (Wildman–Crippen LogP) is 4.85. The highest BCUT2D eigenvalue weighted by atomic mass is 79.9. The summed E-state index contributed by atoms with van der Waals surface area (Å²) in [6, 6.07) is 14.1. The zero-order valence-corrected chi connectivity index (χ0v) is 17.5.